The van der Waals surface area contributed by atoms with Crippen LogP contribution in [-0.4, -0.2) is 52.1 Å². The van der Waals surface area contributed by atoms with Gasteiger partial charge in [0.2, 0.25) is 15.9 Å². The van der Waals surface area contributed by atoms with Gasteiger partial charge in [-0.1, -0.05) is 72.8 Å². The van der Waals surface area contributed by atoms with Crippen molar-refractivity contribution in [3.63, 3.8) is 0 Å². The second-order valence-electron chi connectivity index (χ2n) is 10.8. The molecule has 0 radical (unpaired) electrons. The van der Waals surface area contributed by atoms with Crippen LogP contribution in [0.1, 0.15) is 41.6 Å². The molecule has 0 spiro atoms. The van der Waals surface area contributed by atoms with E-state index in [0.29, 0.717) is 13.0 Å². The summed E-state index contributed by atoms with van der Waals surface area (Å²) in [6.45, 7) is 4.63. The van der Waals surface area contributed by atoms with Gasteiger partial charge in [0.05, 0.1) is 36.8 Å². The summed E-state index contributed by atoms with van der Waals surface area (Å²) in [5.74, 6) is 0.550. The second-order valence-corrected chi connectivity index (χ2v) is 12.5. The molecule has 1 amide bonds. The fourth-order valence-corrected chi connectivity index (χ4v) is 6.90. The van der Waals surface area contributed by atoms with E-state index in [9.17, 15) is 13.2 Å². The molecule has 1 saturated heterocycles. The molecule has 1 unspecified atom stereocenters. The summed E-state index contributed by atoms with van der Waals surface area (Å²) in [6.07, 6.45) is 0.596. The summed E-state index contributed by atoms with van der Waals surface area (Å²) < 4.78 is 41.2. The van der Waals surface area contributed by atoms with Gasteiger partial charge in [0, 0.05) is 38.0 Å². The Bertz CT molecular complexity index is 1660. The molecule has 8 nitrogen and oxygen atoms in total. The minimum atomic E-state index is -3.91. The maximum atomic E-state index is 13.5. The van der Waals surface area contributed by atoms with Gasteiger partial charge in [0.1, 0.15) is 5.75 Å². The Morgan fingerprint density at radius 2 is 1.64 bits per heavy atom. The number of morpholine rings is 1. The largest absolute Gasteiger partial charge is 0.493 e. The average Bonchev–Trinajstić information content (AvgIpc) is 3.01. The molecule has 0 aliphatic carbocycles. The van der Waals surface area contributed by atoms with Gasteiger partial charge >= 0.3 is 0 Å². The quantitative estimate of drug-likeness (QED) is 0.295. The van der Waals surface area contributed by atoms with Crippen molar-refractivity contribution in [3.8, 4) is 5.75 Å². The van der Waals surface area contributed by atoms with E-state index >= 15 is 0 Å². The third-order valence-electron chi connectivity index (χ3n) is 7.88. The lowest BCUT2D eigenvalue weighted by atomic mass is 9.97. The Kier molecular flexibility index (Phi) is 8.53. The third-order valence-corrected chi connectivity index (χ3v) is 9.35. The number of carbonyl (C=O) groups excluding carboxylic acids is 1. The van der Waals surface area contributed by atoms with Crippen LogP contribution in [0.4, 0.5) is 0 Å². The van der Waals surface area contributed by atoms with E-state index in [1.54, 1.807) is 18.2 Å². The van der Waals surface area contributed by atoms with Crippen LogP contribution in [0.15, 0.2) is 95.9 Å². The summed E-state index contributed by atoms with van der Waals surface area (Å²) in [5.41, 5.74) is 2.82. The van der Waals surface area contributed by atoms with Gasteiger partial charge in [0.25, 0.3) is 0 Å². The monoisotopic (exact) mass is 585 g/mol. The average molecular weight is 586 g/mol. The van der Waals surface area contributed by atoms with E-state index in [-0.39, 0.29) is 23.3 Å². The predicted molar refractivity (Wildman–Crippen MR) is 162 cm³/mol. The number of ether oxygens (including phenoxy) is 2. The molecule has 0 bridgehead atoms. The fraction of sp³-hybridized carbons (Fsp3) is 0.303. The van der Waals surface area contributed by atoms with Crippen molar-refractivity contribution in [2.24, 2.45) is 0 Å². The van der Waals surface area contributed by atoms with E-state index < -0.39 is 16.1 Å². The van der Waals surface area contributed by atoms with Gasteiger partial charge in [-0.2, -0.15) is 0 Å². The number of carbonyl (C=O) groups is 1. The topological polar surface area (TPSA) is 97.0 Å². The molecule has 9 heteroatoms. The number of nitrogens with zero attached hydrogens (tertiary/aromatic N) is 1. The number of sulfonamides is 1. The lowest BCUT2D eigenvalue weighted by molar-refractivity contribution is -0.122. The van der Waals surface area contributed by atoms with Crippen LogP contribution in [0.2, 0.25) is 0 Å². The molecule has 2 aliphatic rings. The maximum Gasteiger partial charge on any atom is 0.241 e. The molecule has 2 aliphatic heterocycles. The van der Waals surface area contributed by atoms with Gasteiger partial charge in [-0.25, -0.2) is 13.1 Å². The predicted octanol–water partition coefficient (Wildman–Crippen LogP) is 4.72. The lowest BCUT2D eigenvalue weighted by Gasteiger charge is -2.29. The standard InChI is InChI=1S/C33H35N3O5S/c37-33(34-30-14-17-41-32-20-24(10-13-29(30)32)23-36-15-18-40-19-16-36)22-31(26-7-2-1-3-8-26)35-42(38,39)28-12-11-25-6-4-5-9-27(25)21-28/h1-13,20-21,30-31,35H,14-19,22-23H2,(H,34,37)/t30?,31-/m1/s1. The van der Waals surface area contributed by atoms with Crippen LogP contribution >= 0.6 is 0 Å². The summed E-state index contributed by atoms with van der Waals surface area (Å²) >= 11 is 0. The minimum Gasteiger partial charge on any atom is -0.493 e. The Morgan fingerprint density at radius 1 is 0.881 bits per heavy atom. The van der Waals surface area contributed by atoms with Gasteiger partial charge in [-0.15, -0.1) is 0 Å². The van der Waals surface area contributed by atoms with Gasteiger partial charge in [0.15, 0.2) is 0 Å². The molecule has 0 aromatic heterocycles. The highest BCUT2D eigenvalue weighted by Gasteiger charge is 2.28. The highest BCUT2D eigenvalue weighted by molar-refractivity contribution is 7.89. The van der Waals surface area contributed by atoms with Crippen molar-refractivity contribution < 1.29 is 22.7 Å². The Hall–Kier alpha value is -3.76. The smallest absolute Gasteiger partial charge is 0.241 e. The molecule has 1 fully saturated rings. The maximum absolute atomic E-state index is 13.5. The zero-order valence-corrected chi connectivity index (χ0v) is 24.2. The fourth-order valence-electron chi connectivity index (χ4n) is 5.64. The first-order valence-electron chi connectivity index (χ1n) is 14.4. The first-order chi connectivity index (χ1) is 20.4. The minimum absolute atomic E-state index is 0.0430. The Balaban J connectivity index is 1.17. The van der Waals surface area contributed by atoms with Gasteiger partial charge < -0.3 is 14.8 Å². The van der Waals surface area contributed by atoms with Crippen LogP contribution < -0.4 is 14.8 Å². The van der Waals surface area contributed by atoms with Crippen molar-refractivity contribution in [3.05, 3.63) is 108 Å². The number of amides is 1. The number of fused-ring (bicyclic) bond motifs is 2. The SMILES string of the molecule is O=C(C[C@@H](NS(=O)(=O)c1ccc2ccccc2c1)c1ccccc1)NC1CCOc2cc(CN3CCOCC3)ccc21. The van der Waals surface area contributed by atoms with Crippen molar-refractivity contribution in [2.75, 3.05) is 32.9 Å². The van der Waals surface area contributed by atoms with Crippen molar-refractivity contribution in [1.82, 2.24) is 14.9 Å². The zero-order chi connectivity index (χ0) is 28.9. The third kappa shape index (κ3) is 6.65. The highest BCUT2D eigenvalue weighted by Crippen LogP contribution is 2.34. The van der Waals surface area contributed by atoms with E-state index in [0.717, 1.165) is 66.1 Å². The molecule has 218 valence electrons. The summed E-state index contributed by atoms with van der Waals surface area (Å²) in [6, 6.07) is 27.1. The van der Waals surface area contributed by atoms with Gasteiger partial charge in [-0.3, -0.25) is 9.69 Å². The lowest BCUT2D eigenvalue weighted by Crippen LogP contribution is -2.37. The Labute approximate surface area is 246 Å². The van der Waals surface area contributed by atoms with E-state index in [4.69, 9.17) is 9.47 Å². The molecule has 6 rings (SSSR count). The highest BCUT2D eigenvalue weighted by atomic mass is 32.2. The molecular formula is C33H35N3O5S. The van der Waals surface area contributed by atoms with Crippen molar-refractivity contribution in [2.45, 2.75) is 36.4 Å². The van der Waals surface area contributed by atoms with Crippen LogP contribution in [-0.2, 0) is 26.1 Å². The summed E-state index contributed by atoms with van der Waals surface area (Å²) in [4.78, 5) is 15.9. The van der Waals surface area contributed by atoms with Crippen LogP contribution in [0.25, 0.3) is 10.8 Å². The number of benzene rings is 4. The molecule has 42 heavy (non-hydrogen) atoms. The van der Waals surface area contributed by atoms with E-state index in [1.807, 2.05) is 60.7 Å². The number of rotatable bonds is 9. The van der Waals surface area contributed by atoms with Gasteiger partial charge in [-0.05, 0) is 40.1 Å². The molecule has 2 N–H and O–H groups in total. The number of nitrogens with one attached hydrogen (secondary N) is 2. The molecule has 4 aromatic rings. The summed E-state index contributed by atoms with van der Waals surface area (Å²) in [5, 5.41) is 4.94. The molecule has 2 atom stereocenters. The second kappa shape index (κ2) is 12.6. The van der Waals surface area contributed by atoms with Crippen molar-refractivity contribution >= 4 is 26.7 Å². The van der Waals surface area contributed by atoms with Crippen LogP contribution in [0.5, 0.6) is 5.75 Å². The zero-order valence-electron chi connectivity index (χ0n) is 23.4. The summed E-state index contributed by atoms with van der Waals surface area (Å²) in [7, 11) is -3.91. The van der Waals surface area contributed by atoms with Crippen LogP contribution in [0, 0.1) is 0 Å². The molecule has 0 saturated carbocycles. The van der Waals surface area contributed by atoms with Crippen LogP contribution in [0.3, 0.4) is 0 Å². The van der Waals surface area contributed by atoms with E-state index in [2.05, 4.69) is 27.1 Å². The van der Waals surface area contributed by atoms with E-state index in [1.165, 1.54) is 0 Å². The Morgan fingerprint density at radius 3 is 2.45 bits per heavy atom. The first-order valence-corrected chi connectivity index (χ1v) is 15.8. The van der Waals surface area contributed by atoms with Crippen molar-refractivity contribution in [1.29, 1.82) is 0 Å². The number of hydrogen-bond acceptors (Lipinski definition) is 6. The normalized spacial score (nSPS) is 18.1. The molecule has 4 aromatic carbocycles. The number of hydrogen-bond donors (Lipinski definition) is 2. The first kappa shape index (κ1) is 28.4. The molecule has 2 heterocycles. The molecular weight excluding hydrogens is 550 g/mol.